The third-order valence-electron chi connectivity index (χ3n) is 3.99. The molecule has 3 aromatic rings. The summed E-state index contributed by atoms with van der Waals surface area (Å²) in [6.07, 6.45) is 3.63. The van der Waals surface area contributed by atoms with E-state index in [1.165, 1.54) is 30.4 Å². The van der Waals surface area contributed by atoms with Gasteiger partial charge in [-0.05, 0) is 0 Å². The van der Waals surface area contributed by atoms with Gasteiger partial charge in [-0.1, -0.05) is 0 Å². The molecule has 1 heterocycles. The number of anilines is 1. The van der Waals surface area contributed by atoms with Crippen LogP contribution in [0.4, 0.5) is 5.69 Å². The van der Waals surface area contributed by atoms with Crippen LogP contribution in [0.2, 0.25) is 0 Å². The average molecular weight is 328 g/mol. The Morgan fingerprint density at radius 2 is 2.00 bits per heavy atom. The first-order valence-corrected chi connectivity index (χ1v) is 8.51. The minimum atomic E-state index is 0.0323. The van der Waals surface area contributed by atoms with Crippen molar-refractivity contribution in [2.75, 3.05) is 5.32 Å². The summed E-state index contributed by atoms with van der Waals surface area (Å²) in [5.74, 6) is 0. The summed E-state index contributed by atoms with van der Waals surface area (Å²) in [7, 11) is 0. The Hall–Kier alpha value is -1.64. The van der Waals surface area contributed by atoms with E-state index in [1.807, 2.05) is 6.07 Å². The van der Waals surface area contributed by atoms with Gasteiger partial charge in [0.25, 0.3) is 0 Å². The van der Waals surface area contributed by atoms with Gasteiger partial charge in [-0.2, -0.15) is 0 Å². The monoisotopic (exact) mass is 329 g/mol. The molecule has 4 rings (SSSR count). The fourth-order valence-corrected chi connectivity index (χ4v) is 4.17. The van der Waals surface area contributed by atoms with Gasteiger partial charge in [-0.25, -0.2) is 0 Å². The van der Waals surface area contributed by atoms with Gasteiger partial charge in [0.2, 0.25) is 0 Å². The molecule has 0 radical (unpaired) electrons. The van der Waals surface area contributed by atoms with E-state index in [0.29, 0.717) is 6.04 Å². The zero-order valence-electron chi connectivity index (χ0n) is 11.0. The molecule has 1 N–H and O–H groups in total. The van der Waals surface area contributed by atoms with E-state index < -0.39 is 0 Å². The Kier molecular flexibility index (Phi) is 3.06. The number of nitrogens with zero attached hydrogens (tertiary/aromatic N) is 2. The van der Waals surface area contributed by atoms with Gasteiger partial charge in [0, 0.05) is 0 Å². The van der Waals surface area contributed by atoms with E-state index >= 15 is 0 Å². The van der Waals surface area contributed by atoms with E-state index in [0.717, 1.165) is 16.7 Å². The quantitative estimate of drug-likeness (QED) is 0.734. The van der Waals surface area contributed by atoms with Gasteiger partial charge in [0.05, 0.1) is 0 Å². The van der Waals surface area contributed by atoms with Crippen molar-refractivity contribution < 1.29 is 0 Å². The molecule has 2 aromatic carbocycles. The number of aromatic nitrogens is 2. The van der Waals surface area contributed by atoms with Crippen molar-refractivity contribution >= 4 is 31.7 Å². The molecule has 1 unspecified atom stereocenters. The number of aryl methyl sites for hydroxylation is 1. The van der Waals surface area contributed by atoms with Gasteiger partial charge < -0.3 is 0 Å². The van der Waals surface area contributed by atoms with E-state index in [-0.39, 0.29) is 15.0 Å². The van der Waals surface area contributed by atoms with Crippen molar-refractivity contribution in [3.8, 4) is 0 Å². The first-order chi connectivity index (χ1) is 9.92. The van der Waals surface area contributed by atoms with Crippen LogP contribution in [-0.2, 0) is 6.42 Å². The number of benzene rings is 2. The van der Waals surface area contributed by atoms with Gasteiger partial charge in [-0.15, -0.1) is 0 Å². The first-order valence-electron chi connectivity index (χ1n) is 6.97. The number of hydrogen-bond acceptors (Lipinski definition) is 3. The molecular weight excluding hydrogens is 313 g/mol. The van der Waals surface area contributed by atoms with Gasteiger partial charge in [0.15, 0.2) is 0 Å². The summed E-state index contributed by atoms with van der Waals surface area (Å²) in [5, 5.41) is 3.69. The van der Waals surface area contributed by atoms with Gasteiger partial charge in [-0.3, -0.25) is 0 Å². The van der Waals surface area contributed by atoms with Gasteiger partial charge >= 0.3 is 124 Å². The standard InChI is InChI=1S/C16H15N3Se/c1-2-7-12-11(5-1)6-3-8-13(12)17-14-9-4-10-15-16(14)19-20-18-15/h1-2,4-5,7,9-10,13,17H,3,6,8H2. The number of nitrogens with one attached hydrogen (secondary N) is 1. The summed E-state index contributed by atoms with van der Waals surface area (Å²) < 4.78 is 9.01. The molecule has 1 aliphatic carbocycles. The van der Waals surface area contributed by atoms with Crippen molar-refractivity contribution in [3.05, 3.63) is 53.6 Å². The Labute approximate surface area is 124 Å². The predicted octanol–water partition coefficient (Wildman–Crippen LogP) is 3.18. The zero-order valence-corrected chi connectivity index (χ0v) is 12.8. The Bertz CT molecular complexity index is 750. The van der Waals surface area contributed by atoms with Gasteiger partial charge in [0.1, 0.15) is 0 Å². The van der Waals surface area contributed by atoms with Crippen LogP contribution in [-0.4, -0.2) is 22.9 Å². The van der Waals surface area contributed by atoms with Crippen LogP contribution < -0.4 is 5.32 Å². The van der Waals surface area contributed by atoms with Crippen molar-refractivity contribution in [1.82, 2.24) is 7.96 Å². The maximum atomic E-state index is 4.55. The summed E-state index contributed by atoms with van der Waals surface area (Å²) in [5.41, 5.74) is 6.15. The second kappa shape index (κ2) is 5.04. The fourth-order valence-electron chi connectivity index (χ4n) is 3.01. The number of rotatable bonds is 2. The van der Waals surface area contributed by atoms with Crippen LogP contribution in [0.5, 0.6) is 0 Å². The second-order valence-corrected chi connectivity index (χ2v) is 6.33. The molecule has 20 heavy (non-hydrogen) atoms. The molecule has 0 amide bonds. The predicted molar refractivity (Wildman–Crippen MR) is 82.2 cm³/mol. The summed E-state index contributed by atoms with van der Waals surface area (Å²) in [6, 6.07) is 15.4. The Morgan fingerprint density at radius 3 is 3.00 bits per heavy atom. The molecule has 100 valence electrons. The molecule has 3 nitrogen and oxygen atoms in total. The van der Waals surface area contributed by atoms with Crippen molar-refractivity contribution in [2.45, 2.75) is 25.3 Å². The van der Waals surface area contributed by atoms with Crippen molar-refractivity contribution in [3.63, 3.8) is 0 Å². The molecule has 1 atom stereocenters. The molecule has 4 heteroatoms. The maximum absolute atomic E-state index is 4.55. The first kappa shape index (κ1) is 12.1. The number of hydrogen-bond donors (Lipinski definition) is 1. The normalized spacial score (nSPS) is 17.9. The van der Waals surface area contributed by atoms with Crippen LogP contribution in [0.15, 0.2) is 42.5 Å². The topological polar surface area (TPSA) is 37.8 Å². The second-order valence-electron chi connectivity index (χ2n) is 5.23. The van der Waals surface area contributed by atoms with Crippen LogP contribution in [0.3, 0.4) is 0 Å². The summed E-state index contributed by atoms with van der Waals surface area (Å²) in [6.45, 7) is 0. The van der Waals surface area contributed by atoms with E-state index in [2.05, 4.69) is 49.7 Å². The molecule has 0 spiro atoms. The SMILES string of the molecule is c1ccc2c(c1)CCCC2Nc1cccc2n[se]nc12. The fraction of sp³-hybridized carbons (Fsp3) is 0.250. The third kappa shape index (κ3) is 2.05. The molecule has 0 saturated carbocycles. The van der Waals surface area contributed by atoms with E-state index in [1.54, 1.807) is 0 Å². The van der Waals surface area contributed by atoms with Crippen LogP contribution in [0, 0.1) is 0 Å². The van der Waals surface area contributed by atoms with Crippen molar-refractivity contribution in [2.24, 2.45) is 0 Å². The van der Waals surface area contributed by atoms with Crippen LogP contribution in [0.1, 0.15) is 30.0 Å². The third-order valence-corrected chi connectivity index (χ3v) is 5.12. The summed E-state index contributed by atoms with van der Waals surface area (Å²) >= 11 is 0.0323. The molecule has 0 bridgehead atoms. The molecule has 0 saturated heterocycles. The average Bonchev–Trinajstić information content (AvgIpc) is 2.97. The molecule has 1 aromatic heterocycles. The molecule has 0 aliphatic heterocycles. The minimum absolute atomic E-state index is 0.0323. The zero-order chi connectivity index (χ0) is 13.4. The van der Waals surface area contributed by atoms with Crippen molar-refractivity contribution in [1.29, 1.82) is 0 Å². The van der Waals surface area contributed by atoms with E-state index in [9.17, 15) is 0 Å². The molecule has 1 aliphatic rings. The van der Waals surface area contributed by atoms with Crippen LogP contribution >= 0.6 is 0 Å². The summed E-state index contributed by atoms with van der Waals surface area (Å²) in [4.78, 5) is 0. The Morgan fingerprint density at radius 1 is 1.05 bits per heavy atom. The molecule has 0 fully saturated rings. The van der Waals surface area contributed by atoms with Crippen LogP contribution in [0.25, 0.3) is 11.0 Å². The molecular formula is C16H15N3Se. The van der Waals surface area contributed by atoms with E-state index in [4.69, 9.17) is 0 Å². The number of fused-ring (bicyclic) bond motifs is 2. The Balaban J connectivity index is 1.72.